The van der Waals surface area contributed by atoms with Crippen LogP contribution in [0, 0.1) is 0 Å². The highest BCUT2D eigenvalue weighted by molar-refractivity contribution is 5.93. The number of nitrogens with zero attached hydrogens (tertiary/aromatic N) is 5. The van der Waals surface area contributed by atoms with Crippen molar-refractivity contribution in [2.75, 3.05) is 18.4 Å². The first-order chi connectivity index (χ1) is 16.1. The molecule has 33 heavy (non-hydrogen) atoms. The summed E-state index contributed by atoms with van der Waals surface area (Å²) in [6.45, 7) is 1.99. The Morgan fingerprint density at radius 2 is 1.82 bits per heavy atom. The fourth-order valence-corrected chi connectivity index (χ4v) is 3.93. The lowest BCUT2D eigenvalue weighted by Crippen LogP contribution is -2.28. The Bertz CT molecular complexity index is 1320. The first kappa shape index (κ1) is 20.6. The zero-order valence-corrected chi connectivity index (χ0v) is 17.9. The van der Waals surface area contributed by atoms with E-state index in [0.717, 1.165) is 24.2 Å². The lowest BCUT2D eigenvalue weighted by molar-refractivity contribution is -0.127. The second-order valence-electron chi connectivity index (χ2n) is 7.92. The van der Waals surface area contributed by atoms with Crippen molar-refractivity contribution in [1.29, 1.82) is 0 Å². The van der Waals surface area contributed by atoms with Gasteiger partial charge in [-0.1, -0.05) is 30.3 Å². The summed E-state index contributed by atoms with van der Waals surface area (Å²) in [4.78, 5) is 39.4. The largest absolute Gasteiger partial charge is 0.366 e. The molecule has 1 aliphatic heterocycles. The number of carbonyl (C=O) groups excluding carboxylic acids is 2. The Labute approximate surface area is 190 Å². The van der Waals surface area contributed by atoms with Gasteiger partial charge in [0.25, 0.3) is 0 Å². The van der Waals surface area contributed by atoms with Crippen molar-refractivity contribution in [2.45, 2.75) is 19.4 Å². The van der Waals surface area contributed by atoms with Crippen LogP contribution < -0.4 is 11.1 Å². The molecule has 166 valence electrons. The minimum atomic E-state index is -0.487. The monoisotopic (exact) mass is 441 g/mol. The summed E-state index contributed by atoms with van der Waals surface area (Å²) >= 11 is 0. The smallest absolute Gasteiger partial charge is 0.248 e. The van der Waals surface area contributed by atoms with Crippen LogP contribution in [0.4, 0.5) is 11.5 Å². The summed E-state index contributed by atoms with van der Waals surface area (Å²) < 4.78 is 1.94. The van der Waals surface area contributed by atoms with Crippen LogP contribution in [0.15, 0.2) is 60.9 Å². The highest BCUT2D eigenvalue weighted by Crippen LogP contribution is 2.27. The topological polar surface area (TPSA) is 119 Å². The number of para-hydroxylation sites is 1. The summed E-state index contributed by atoms with van der Waals surface area (Å²) in [7, 11) is 0. The molecule has 1 fully saturated rings. The highest BCUT2D eigenvalue weighted by atomic mass is 16.2. The molecule has 5 rings (SSSR count). The number of nitrogens with one attached hydrogen (secondary N) is 1. The number of rotatable bonds is 7. The molecule has 3 heterocycles. The molecule has 0 saturated carbocycles. The molecular formula is C24H23N7O2. The van der Waals surface area contributed by atoms with Crippen molar-refractivity contribution in [3.8, 4) is 11.4 Å². The molecule has 9 nitrogen and oxygen atoms in total. The van der Waals surface area contributed by atoms with Gasteiger partial charge < -0.3 is 20.5 Å². The number of primary amides is 1. The van der Waals surface area contributed by atoms with E-state index < -0.39 is 5.91 Å². The molecule has 2 aromatic heterocycles. The van der Waals surface area contributed by atoms with E-state index in [0.29, 0.717) is 47.9 Å². The number of fused-ring (bicyclic) bond motifs is 1. The standard InChI is InChI=1S/C24H23N7O2/c25-21(33)16-8-10-17(11-9-16)22-28-23(27-18-5-2-1-3-6-18)20-24(29-22)31(15-26-20)14-13-30-12-4-7-19(30)32/h1-3,5-6,8-11,15H,4,7,12-14H2,(H2,25,33)(H,27,28,29). The number of likely N-dealkylation sites (tertiary alicyclic amines) is 1. The molecule has 4 aromatic rings. The van der Waals surface area contributed by atoms with E-state index in [-0.39, 0.29) is 5.91 Å². The summed E-state index contributed by atoms with van der Waals surface area (Å²) in [6.07, 6.45) is 3.25. The SMILES string of the molecule is NC(=O)c1ccc(-c2nc(Nc3ccccc3)c3ncn(CCN4CCCC4=O)c3n2)cc1. The molecule has 9 heteroatoms. The zero-order valence-electron chi connectivity index (χ0n) is 17.9. The molecule has 0 aliphatic carbocycles. The van der Waals surface area contributed by atoms with Gasteiger partial charge in [0.2, 0.25) is 11.8 Å². The lowest BCUT2D eigenvalue weighted by atomic mass is 10.1. The number of carbonyl (C=O) groups is 2. The molecule has 3 N–H and O–H groups in total. The van der Waals surface area contributed by atoms with Gasteiger partial charge in [-0.3, -0.25) is 9.59 Å². The number of aromatic nitrogens is 4. The average Bonchev–Trinajstić information content (AvgIpc) is 3.44. The van der Waals surface area contributed by atoms with Gasteiger partial charge in [-0.2, -0.15) is 0 Å². The van der Waals surface area contributed by atoms with Crippen LogP contribution in [0.25, 0.3) is 22.6 Å². The number of imidazole rings is 1. The molecule has 0 atom stereocenters. The van der Waals surface area contributed by atoms with Gasteiger partial charge in [-0.15, -0.1) is 0 Å². The normalized spacial score (nSPS) is 13.6. The summed E-state index contributed by atoms with van der Waals surface area (Å²) in [6, 6.07) is 16.6. The van der Waals surface area contributed by atoms with Gasteiger partial charge in [-0.25, -0.2) is 15.0 Å². The average molecular weight is 441 g/mol. The summed E-state index contributed by atoms with van der Waals surface area (Å²) in [5.41, 5.74) is 8.73. The second-order valence-corrected chi connectivity index (χ2v) is 7.92. The molecular weight excluding hydrogens is 418 g/mol. The quantitative estimate of drug-likeness (QED) is 0.455. The van der Waals surface area contributed by atoms with Gasteiger partial charge in [-0.05, 0) is 30.7 Å². The van der Waals surface area contributed by atoms with Gasteiger partial charge in [0.1, 0.15) is 0 Å². The maximum Gasteiger partial charge on any atom is 0.248 e. The van der Waals surface area contributed by atoms with E-state index in [4.69, 9.17) is 15.7 Å². The van der Waals surface area contributed by atoms with Crippen LogP contribution in [-0.4, -0.2) is 49.3 Å². The van der Waals surface area contributed by atoms with E-state index in [1.165, 1.54) is 0 Å². The van der Waals surface area contributed by atoms with Gasteiger partial charge in [0, 0.05) is 42.9 Å². The Balaban J connectivity index is 1.54. The Kier molecular flexibility index (Phi) is 5.43. The van der Waals surface area contributed by atoms with Crippen molar-refractivity contribution >= 4 is 34.5 Å². The molecule has 0 spiro atoms. The predicted octanol–water partition coefficient (Wildman–Crippen LogP) is 2.96. The van der Waals surface area contributed by atoms with Gasteiger partial charge in [0.15, 0.2) is 22.8 Å². The van der Waals surface area contributed by atoms with E-state index in [9.17, 15) is 9.59 Å². The fourth-order valence-electron chi connectivity index (χ4n) is 3.93. The molecule has 0 bridgehead atoms. The number of benzene rings is 2. The Morgan fingerprint density at radius 1 is 1.03 bits per heavy atom. The number of amides is 2. The third kappa shape index (κ3) is 4.25. The molecule has 1 saturated heterocycles. The third-order valence-electron chi connectivity index (χ3n) is 5.71. The number of anilines is 2. The highest BCUT2D eigenvalue weighted by Gasteiger charge is 2.21. The van der Waals surface area contributed by atoms with E-state index in [1.807, 2.05) is 39.8 Å². The number of hydrogen-bond donors (Lipinski definition) is 2. The summed E-state index contributed by atoms with van der Waals surface area (Å²) in [5.74, 6) is 0.779. The maximum absolute atomic E-state index is 12.0. The fraction of sp³-hybridized carbons (Fsp3) is 0.208. The van der Waals surface area contributed by atoms with E-state index in [2.05, 4.69) is 10.3 Å². The van der Waals surface area contributed by atoms with Crippen LogP contribution in [-0.2, 0) is 11.3 Å². The van der Waals surface area contributed by atoms with Crippen molar-refractivity contribution in [3.63, 3.8) is 0 Å². The molecule has 2 aromatic carbocycles. The first-order valence-corrected chi connectivity index (χ1v) is 10.8. The van der Waals surface area contributed by atoms with Crippen molar-refractivity contribution < 1.29 is 9.59 Å². The van der Waals surface area contributed by atoms with E-state index in [1.54, 1.807) is 30.6 Å². The third-order valence-corrected chi connectivity index (χ3v) is 5.71. The molecule has 2 amide bonds. The molecule has 0 unspecified atom stereocenters. The molecule has 0 radical (unpaired) electrons. The predicted molar refractivity (Wildman–Crippen MR) is 125 cm³/mol. The second kappa shape index (κ2) is 8.70. The zero-order chi connectivity index (χ0) is 22.8. The first-order valence-electron chi connectivity index (χ1n) is 10.8. The number of hydrogen-bond acceptors (Lipinski definition) is 6. The number of nitrogens with two attached hydrogens (primary N) is 1. The summed E-state index contributed by atoms with van der Waals surface area (Å²) in [5, 5.41) is 3.34. The van der Waals surface area contributed by atoms with Crippen LogP contribution in [0.5, 0.6) is 0 Å². The van der Waals surface area contributed by atoms with Crippen molar-refractivity contribution in [1.82, 2.24) is 24.4 Å². The lowest BCUT2D eigenvalue weighted by Gasteiger charge is -2.16. The van der Waals surface area contributed by atoms with Crippen molar-refractivity contribution in [2.24, 2.45) is 5.73 Å². The Hall–Kier alpha value is -4.27. The van der Waals surface area contributed by atoms with Gasteiger partial charge in [0.05, 0.1) is 6.33 Å². The van der Waals surface area contributed by atoms with Crippen molar-refractivity contribution in [3.05, 3.63) is 66.5 Å². The van der Waals surface area contributed by atoms with Crippen LogP contribution in [0.3, 0.4) is 0 Å². The van der Waals surface area contributed by atoms with Crippen LogP contribution in [0.2, 0.25) is 0 Å². The Morgan fingerprint density at radius 3 is 2.52 bits per heavy atom. The van der Waals surface area contributed by atoms with E-state index >= 15 is 0 Å². The maximum atomic E-state index is 12.0. The molecule has 1 aliphatic rings. The van der Waals surface area contributed by atoms with Crippen LogP contribution in [0.1, 0.15) is 23.2 Å². The minimum Gasteiger partial charge on any atom is -0.366 e. The van der Waals surface area contributed by atoms with Gasteiger partial charge >= 0.3 is 0 Å². The minimum absolute atomic E-state index is 0.190. The van der Waals surface area contributed by atoms with Crippen LogP contribution >= 0.6 is 0 Å².